The first kappa shape index (κ1) is 15.9. The van der Waals surface area contributed by atoms with Crippen LogP contribution >= 0.6 is 0 Å². The number of hydrogen-bond donors (Lipinski definition) is 3. The van der Waals surface area contributed by atoms with Crippen LogP contribution in [0.3, 0.4) is 0 Å². The number of sulfonamides is 1. The first-order chi connectivity index (χ1) is 8.76. The second-order valence-corrected chi connectivity index (χ2v) is 6.78. The summed E-state index contributed by atoms with van der Waals surface area (Å²) in [5.41, 5.74) is 6.89. The van der Waals surface area contributed by atoms with Gasteiger partial charge in [0.2, 0.25) is 10.0 Å². The van der Waals surface area contributed by atoms with E-state index in [4.69, 9.17) is 10.8 Å². The molecule has 0 fully saturated rings. The molecule has 1 aromatic rings. The van der Waals surface area contributed by atoms with Crippen LogP contribution in [0.25, 0.3) is 0 Å². The van der Waals surface area contributed by atoms with Gasteiger partial charge in [0, 0.05) is 18.3 Å². The van der Waals surface area contributed by atoms with Gasteiger partial charge in [-0.2, -0.15) is 0 Å². The third kappa shape index (κ3) is 4.49. The van der Waals surface area contributed by atoms with Crippen molar-refractivity contribution in [2.45, 2.75) is 38.1 Å². The zero-order chi connectivity index (χ0) is 14.6. The summed E-state index contributed by atoms with van der Waals surface area (Å²) in [6, 6.07) is 4.43. The van der Waals surface area contributed by atoms with Crippen LogP contribution in [-0.4, -0.2) is 26.2 Å². The Morgan fingerprint density at radius 2 is 1.95 bits per heavy atom. The molecule has 4 N–H and O–H groups in total. The molecule has 0 radical (unpaired) electrons. The van der Waals surface area contributed by atoms with Crippen molar-refractivity contribution in [2.75, 3.05) is 12.3 Å². The zero-order valence-electron chi connectivity index (χ0n) is 11.6. The smallest absolute Gasteiger partial charge is 0.240 e. The summed E-state index contributed by atoms with van der Waals surface area (Å²) >= 11 is 0. The SMILES string of the molecule is Cc1cc(N)cc(S(=O)(=O)NC(CCO)C(C)C)c1. The van der Waals surface area contributed by atoms with E-state index in [1.165, 1.54) is 6.07 Å². The topological polar surface area (TPSA) is 92.4 Å². The van der Waals surface area contributed by atoms with Gasteiger partial charge in [0.05, 0.1) is 4.90 Å². The van der Waals surface area contributed by atoms with Crippen molar-refractivity contribution in [1.82, 2.24) is 4.72 Å². The number of aryl methyl sites for hydroxylation is 1. The largest absolute Gasteiger partial charge is 0.399 e. The van der Waals surface area contributed by atoms with Gasteiger partial charge >= 0.3 is 0 Å². The molecule has 6 heteroatoms. The Hall–Kier alpha value is -1.11. The Kier molecular flexibility index (Phi) is 5.34. The third-order valence-electron chi connectivity index (χ3n) is 2.93. The standard InChI is InChI=1S/C13H22N2O3S/c1-9(2)13(4-5-16)15-19(17,18)12-7-10(3)6-11(14)8-12/h6-9,13,15-16H,4-5,14H2,1-3H3. The fourth-order valence-electron chi connectivity index (χ4n) is 1.87. The van der Waals surface area contributed by atoms with Crippen molar-refractivity contribution in [3.05, 3.63) is 23.8 Å². The van der Waals surface area contributed by atoms with Crippen molar-refractivity contribution in [3.8, 4) is 0 Å². The van der Waals surface area contributed by atoms with Crippen LogP contribution in [0.2, 0.25) is 0 Å². The van der Waals surface area contributed by atoms with E-state index >= 15 is 0 Å². The molecule has 0 saturated carbocycles. The van der Waals surface area contributed by atoms with Gasteiger partial charge in [-0.15, -0.1) is 0 Å². The molecule has 1 unspecified atom stereocenters. The van der Waals surface area contributed by atoms with E-state index in [1.807, 2.05) is 13.8 Å². The number of aliphatic hydroxyl groups excluding tert-OH is 1. The van der Waals surface area contributed by atoms with E-state index in [0.717, 1.165) is 5.56 Å². The van der Waals surface area contributed by atoms with Crippen LogP contribution in [0.15, 0.2) is 23.1 Å². The number of nitrogens with two attached hydrogens (primary N) is 1. The summed E-state index contributed by atoms with van der Waals surface area (Å²) in [6.07, 6.45) is 0.387. The lowest BCUT2D eigenvalue weighted by Crippen LogP contribution is -2.39. The number of nitrogen functional groups attached to an aromatic ring is 1. The Labute approximate surface area is 114 Å². The van der Waals surface area contributed by atoms with Crippen molar-refractivity contribution in [1.29, 1.82) is 0 Å². The first-order valence-corrected chi connectivity index (χ1v) is 7.75. The van der Waals surface area contributed by atoms with Crippen LogP contribution in [0.5, 0.6) is 0 Å². The van der Waals surface area contributed by atoms with Crippen LogP contribution < -0.4 is 10.5 Å². The molecule has 19 heavy (non-hydrogen) atoms. The Bertz CT molecular complexity index is 506. The lowest BCUT2D eigenvalue weighted by atomic mass is 10.0. The van der Waals surface area contributed by atoms with Gasteiger partial charge in [-0.1, -0.05) is 13.8 Å². The van der Waals surface area contributed by atoms with Gasteiger partial charge in [-0.3, -0.25) is 0 Å². The average molecular weight is 286 g/mol. The molecule has 0 aliphatic rings. The molecular weight excluding hydrogens is 264 g/mol. The maximum absolute atomic E-state index is 12.3. The summed E-state index contributed by atoms with van der Waals surface area (Å²) in [7, 11) is -3.61. The molecule has 0 spiro atoms. The molecule has 1 aromatic carbocycles. The molecule has 1 rings (SSSR count). The Morgan fingerprint density at radius 1 is 1.32 bits per heavy atom. The highest BCUT2D eigenvalue weighted by Crippen LogP contribution is 2.18. The monoisotopic (exact) mass is 286 g/mol. The normalized spacial score (nSPS) is 13.7. The summed E-state index contributed by atoms with van der Waals surface area (Å²) in [5, 5.41) is 8.99. The molecule has 108 valence electrons. The quantitative estimate of drug-likeness (QED) is 0.686. The van der Waals surface area contributed by atoms with Gasteiger partial charge in [-0.25, -0.2) is 13.1 Å². The van der Waals surface area contributed by atoms with E-state index < -0.39 is 10.0 Å². The molecule has 0 aromatic heterocycles. The van der Waals surface area contributed by atoms with Crippen molar-refractivity contribution < 1.29 is 13.5 Å². The minimum Gasteiger partial charge on any atom is -0.399 e. The van der Waals surface area contributed by atoms with E-state index in [0.29, 0.717) is 12.1 Å². The van der Waals surface area contributed by atoms with Gasteiger partial charge in [0.1, 0.15) is 0 Å². The van der Waals surface area contributed by atoms with E-state index in [-0.39, 0.29) is 23.5 Å². The molecule has 0 heterocycles. The zero-order valence-corrected chi connectivity index (χ0v) is 12.4. The van der Waals surface area contributed by atoms with Crippen LogP contribution in [0, 0.1) is 12.8 Å². The molecule has 0 aliphatic heterocycles. The molecular formula is C13H22N2O3S. The molecule has 0 saturated heterocycles. The van der Waals surface area contributed by atoms with E-state index in [2.05, 4.69) is 4.72 Å². The maximum atomic E-state index is 12.3. The van der Waals surface area contributed by atoms with E-state index in [1.54, 1.807) is 19.1 Å². The number of nitrogens with one attached hydrogen (secondary N) is 1. The van der Waals surface area contributed by atoms with Crippen LogP contribution in [-0.2, 0) is 10.0 Å². The summed E-state index contributed by atoms with van der Waals surface area (Å²) < 4.78 is 27.2. The summed E-state index contributed by atoms with van der Waals surface area (Å²) in [5.74, 6) is 0.101. The fourth-order valence-corrected chi connectivity index (χ4v) is 3.42. The second kappa shape index (κ2) is 6.36. The fraction of sp³-hybridized carbons (Fsp3) is 0.538. The maximum Gasteiger partial charge on any atom is 0.240 e. The number of rotatable bonds is 6. The van der Waals surface area contributed by atoms with Gasteiger partial charge in [0.15, 0.2) is 0 Å². The first-order valence-electron chi connectivity index (χ1n) is 6.26. The lowest BCUT2D eigenvalue weighted by molar-refractivity contribution is 0.256. The average Bonchev–Trinajstić information content (AvgIpc) is 2.26. The molecule has 1 atom stereocenters. The predicted molar refractivity (Wildman–Crippen MR) is 76.2 cm³/mol. The van der Waals surface area contributed by atoms with Crippen molar-refractivity contribution in [3.63, 3.8) is 0 Å². The number of hydrogen-bond acceptors (Lipinski definition) is 4. The summed E-state index contributed by atoms with van der Waals surface area (Å²) in [6.45, 7) is 5.56. The minimum absolute atomic E-state index is 0.0542. The minimum atomic E-state index is -3.61. The molecule has 0 aliphatic carbocycles. The lowest BCUT2D eigenvalue weighted by Gasteiger charge is -2.21. The van der Waals surface area contributed by atoms with Crippen LogP contribution in [0.4, 0.5) is 5.69 Å². The van der Waals surface area contributed by atoms with Gasteiger partial charge in [-0.05, 0) is 43.0 Å². The van der Waals surface area contributed by atoms with Gasteiger partial charge < -0.3 is 10.8 Å². The highest BCUT2D eigenvalue weighted by molar-refractivity contribution is 7.89. The third-order valence-corrected chi connectivity index (χ3v) is 4.40. The number of benzene rings is 1. The van der Waals surface area contributed by atoms with Crippen molar-refractivity contribution >= 4 is 15.7 Å². The molecule has 0 bridgehead atoms. The number of aliphatic hydroxyl groups is 1. The van der Waals surface area contributed by atoms with E-state index in [9.17, 15) is 8.42 Å². The highest BCUT2D eigenvalue weighted by Gasteiger charge is 2.22. The predicted octanol–water partition coefficient (Wildman–Crippen LogP) is 1.26. The number of anilines is 1. The van der Waals surface area contributed by atoms with Crippen LogP contribution in [0.1, 0.15) is 25.8 Å². The summed E-state index contributed by atoms with van der Waals surface area (Å²) in [4.78, 5) is 0.161. The highest BCUT2D eigenvalue weighted by atomic mass is 32.2. The molecule has 5 nitrogen and oxygen atoms in total. The Morgan fingerprint density at radius 3 is 2.42 bits per heavy atom. The Balaban J connectivity index is 3.03. The van der Waals surface area contributed by atoms with Crippen molar-refractivity contribution in [2.24, 2.45) is 5.92 Å². The second-order valence-electron chi connectivity index (χ2n) is 5.06. The molecule has 0 amide bonds. The van der Waals surface area contributed by atoms with Gasteiger partial charge in [0.25, 0.3) is 0 Å².